The van der Waals surface area contributed by atoms with Crippen molar-refractivity contribution in [3.05, 3.63) is 143 Å². The summed E-state index contributed by atoms with van der Waals surface area (Å²) < 4.78 is 12.9. The number of aryl methyl sites for hydroxylation is 1. The van der Waals surface area contributed by atoms with Gasteiger partial charge < -0.3 is 14.5 Å². The summed E-state index contributed by atoms with van der Waals surface area (Å²) in [4.78, 5) is 44.7. The Morgan fingerprint density at radius 2 is 1.77 bits per heavy atom. The molecule has 44 heavy (non-hydrogen) atoms. The van der Waals surface area contributed by atoms with E-state index in [0.29, 0.717) is 48.4 Å². The molecule has 0 bridgehead atoms. The Morgan fingerprint density at radius 3 is 2.48 bits per heavy atom. The Labute approximate surface area is 261 Å². The number of esters is 1. The number of rotatable bonds is 6. The van der Waals surface area contributed by atoms with Crippen LogP contribution < -0.4 is 20.2 Å². The molecular formula is C34H26ClN3O5S. The van der Waals surface area contributed by atoms with Crippen molar-refractivity contribution in [3.8, 4) is 11.3 Å². The number of fused-ring (bicyclic) bond motifs is 1. The summed E-state index contributed by atoms with van der Waals surface area (Å²) in [5.41, 5.74) is 4.03. The average Bonchev–Trinajstić information content (AvgIpc) is 3.60. The van der Waals surface area contributed by atoms with Crippen molar-refractivity contribution in [1.29, 1.82) is 0 Å². The first-order valence-corrected chi connectivity index (χ1v) is 14.9. The van der Waals surface area contributed by atoms with E-state index in [1.54, 1.807) is 66.1 Å². The Bertz CT molecular complexity index is 2130. The molecule has 3 aromatic carbocycles. The molecule has 6 rings (SSSR count). The fourth-order valence-electron chi connectivity index (χ4n) is 5.18. The molecule has 2 aromatic heterocycles. The number of allylic oxidation sites excluding steroid dienone is 1. The topological polar surface area (TPSA) is 103 Å². The van der Waals surface area contributed by atoms with Gasteiger partial charge in [-0.25, -0.2) is 9.79 Å². The highest BCUT2D eigenvalue weighted by atomic mass is 35.5. The van der Waals surface area contributed by atoms with Crippen LogP contribution in [0.2, 0.25) is 5.02 Å². The molecule has 5 aromatic rings. The van der Waals surface area contributed by atoms with Crippen LogP contribution in [0.15, 0.2) is 110 Å². The van der Waals surface area contributed by atoms with E-state index in [4.69, 9.17) is 20.8 Å². The quantitative estimate of drug-likeness (QED) is 0.238. The fourth-order valence-corrected chi connectivity index (χ4v) is 6.33. The van der Waals surface area contributed by atoms with Gasteiger partial charge in [0, 0.05) is 22.3 Å². The molecule has 1 aliphatic heterocycles. The lowest BCUT2D eigenvalue weighted by atomic mass is 9.95. The van der Waals surface area contributed by atoms with E-state index >= 15 is 0 Å². The molecule has 3 heterocycles. The number of aromatic nitrogens is 1. The zero-order valence-corrected chi connectivity index (χ0v) is 25.5. The average molecular weight is 624 g/mol. The van der Waals surface area contributed by atoms with Crippen LogP contribution in [0.3, 0.4) is 0 Å². The number of methoxy groups -OCH3 is 1. The molecule has 0 fully saturated rings. The van der Waals surface area contributed by atoms with Gasteiger partial charge in [0.15, 0.2) is 4.80 Å². The van der Waals surface area contributed by atoms with E-state index < -0.39 is 12.0 Å². The van der Waals surface area contributed by atoms with Gasteiger partial charge in [-0.15, -0.1) is 0 Å². The highest BCUT2D eigenvalue weighted by molar-refractivity contribution is 7.07. The number of ether oxygens (including phenoxy) is 1. The summed E-state index contributed by atoms with van der Waals surface area (Å²) in [6.07, 6.45) is 1.67. The summed E-state index contributed by atoms with van der Waals surface area (Å²) in [6, 6.07) is 24.3. The van der Waals surface area contributed by atoms with E-state index in [1.165, 1.54) is 18.4 Å². The third-order valence-corrected chi connectivity index (χ3v) is 8.53. The number of hydrogen-bond acceptors (Lipinski definition) is 7. The number of furan rings is 1. The summed E-state index contributed by atoms with van der Waals surface area (Å²) >= 11 is 7.40. The second kappa shape index (κ2) is 11.9. The third kappa shape index (κ3) is 5.55. The van der Waals surface area contributed by atoms with Crippen molar-refractivity contribution >= 4 is 46.6 Å². The maximum absolute atomic E-state index is 14.0. The number of benzene rings is 3. The van der Waals surface area contributed by atoms with Crippen molar-refractivity contribution in [1.82, 2.24) is 4.57 Å². The number of para-hydroxylation sites is 1. The monoisotopic (exact) mass is 623 g/mol. The van der Waals surface area contributed by atoms with Gasteiger partial charge in [0.25, 0.3) is 11.5 Å². The molecule has 1 aliphatic rings. The Balaban J connectivity index is 1.41. The minimum Gasteiger partial charge on any atom is -0.465 e. The summed E-state index contributed by atoms with van der Waals surface area (Å²) in [5, 5.41) is 3.49. The standard InChI is InChI=1S/C34H26ClN3O5S/c1-19-17-22(33(41)42-3)11-15-26(19)27-16-14-25(43-27)18-28-32(40)38-30(21-9-12-23(35)13-10-21)29(20(2)36-34(38)44-28)31(39)37-24-7-5-4-6-8-24/h4-18,30H,1-3H3,(H,37,39)/b28-18+/t30-/m1/s1. The Morgan fingerprint density at radius 1 is 1.02 bits per heavy atom. The van der Waals surface area contributed by atoms with Gasteiger partial charge in [-0.1, -0.05) is 59.3 Å². The van der Waals surface area contributed by atoms with Crippen molar-refractivity contribution in [2.75, 3.05) is 12.4 Å². The molecule has 1 atom stereocenters. The molecule has 10 heteroatoms. The molecule has 0 saturated heterocycles. The number of hydrogen-bond donors (Lipinski definition) is 1. The molecule has 0 unspecified atom stereocenters. The highest BCUT2D eigenvalue weighted by Gasteiger charge is 2.32. The van der Waals surface area contributed by atoms with E-state index in [-0.39, 0.29) is 11.5 Å². The van der Waals surface area contributed by atoms with Crippen LogP contribution in [0.5, 0.6) is 0 Å². The Kier molecular flexibility index (Phi) is 7.90. The van der Waals surface area contributed by atoms with Crippen molar-refractivity contribution < 1.29 is 18.7 Å². The number of nitrogens with one attached hydrogen (secondary N) is 1. The molecule has 0 spiro atoms. The van der Waals surface area contributed by atoms with Crippen LogP contribution in [-0.4, -0.2) is 23.6 Å². The van der Waals surface area contributed by atoms with Gasteiger partial charge in [-0.2, -0.15) is 0 Å². The van der Waals surface area contributed by atoms with Crippen molar-refractivity contribution in [2.24, 2.45) is 4.99 Å². The largest absolute Gasteiger partial charge is 0.465 e. The van der Waals surface area contributed by atoms with Crippen LogP contribution in [0.25, 0.3) is 17.4 Å². The van der Waals surface area contributed by atoms with E-state index in [0.717, 1.165) is 16.7 Å². The number of anilines is 1. The second-order valence-electron chi connectivity index (χ2n) is 10.2. The second-order valence-corrected chi connectivity index (χ2v) is 11.6. The maximum Gasteiger partial charge on any atom is 0.337 e. The number of nitrogens with zero attached hydrogens (tertiary/aromatic N) is 2. The van der Waals surface area contributed by atoms with Crippen LogP contribution in [-0.2, 0) is 9.53 Å². The minimum absolute atomic E-state index is 0.303. The normalized spacial score (nSPS) is 14.6. The number of thiazole rings is 1. The van der Waals surface area contributed by atoms with E-state index in [2.05, 4.69) is 10.3 Å². The zero-order valence-electron chi connectivity index (χ0n) is 24.0. The first-order valence-electron chi connectivity index (χ1n) is 13.7. The number of carbonyl (C=O) groups excluding carboxylic acids is 2. The molecule has 0 saturated carbocycles. The highest BCUT2D eigenvalue weighted by Crippen LogP contribution is 2.32. The first kappa shape index (κ1) is 29.1. The third-order valence-electron chi connectivity index (χ3n) is 7.30. The summed E-state index contributed by atoms with van der Waals surface area (Å²) in [5.74, 6) is 0.300. The van der Waals surface area contributed by atoms with E-state index in [9.17, 15) is 14.4 Å². The summed E-state index contributed by atoms with van der Waals surface area (Å²) in [6.45, 7) is 3.65. The smallest absolute Gasteiger partial charge is 0.337 e. The molecule has 0 aliphatic carbocycles. The van der Waals surface area contributed by atoms with E-state index in [1.807, 2.05) is 43.3 Å². The van der Waals surface area contributed by atoms with Gasteiger partial charge in [-0.3, -0.25) is 14.2 Å². The van der Waals surface area contributed by atoms with Gasteiger partial charge in [0.1, 0.15) is 11.5 Å². The molecule has 1 N–H and O–H groups in total. The minimum atomic E-state index is -0.725. The predicted molar refractivity (Wildman–Crippen MR) is 171 cm³/mol. The lowest BCUT2D eigenvalue weighted by Crippen LogP contribution is -2.40. The van der Waals surface area contributed by atoms with Crippen LogP contribution in [0.4, 0.5) is 5.69 Å². The Hall–Kier alpha value is -4.99. The molecular weight excluding hydrogens is 598 g/mol. The van der Waals surface area contributed by atoms with Crippen molar-refractivity contribution in [2.45, 2.75) is 19.9 Å². The molecule has 0 radical (unpaired) electrons. The van der Waals surface area contributed by atoms with Gasteiger partial charge in [0.2, 0.25) is 0 Å². The van der Waals surface area contributed by atoms with Crippen LogP contribution in [0, 0.1) is 6.92 Å². The predicted octanol–water partition coefficient (Wildman–Crippen LogP) is 5.88. The zero-order chi connectivity index (χ0) is 31.0. The molecule has 8 nitrogen and oxygen atoms in total. The molecule has 220 valence electrons. The van der Waals surface area contributed by atoms with Crippen LogP contribution in [0.1, 0.15) is 40.2 Å². The fraction of sp³-hybridized carbons (Fsp3) is 0.118. The van der Waals surface area contributed by atoms with Crippen LogP contribution >= 0.6 is 22.9 Å². The van der Waals surface area contributed by atoms with Gasteiger partial charge in [-0.05, 0) is 73.5 Å². The van der Waals surface area contributed by atoms with Gasteiger partial charge in [0.05, 0.1) is 34.5 Å². The number of carbonyl (C=O) groups is 2. The number of halogens is 1. The molecule has 1 amide bonds. The maximum atomic E-state index is 14.0. The number of amides is 1. The SMILES string of the molecule is COC(=O)c1ccc(-c2ccc(/C=c3/sc4n(c3=O)[C@H](c3ccc(Cl)cc3)C(C(=O)Nc3ccccc3)=C(C)N=4)o2)c(C)c1. The summed E-state index contributed by atoms with van der Waals surface area (Å²) in [7, 11) is 1.34. The first-order chi connectivity index (χ1) is 21.2. The lowest BCUT2D eigenvalue weighted by Gasteiger charge is -2.25. The lowest BCUT2D eigenvalue weighted by molar-refractivity contribution is -0.113. The van der Waals surface area contributed by atoms with Crippen molar-refractivity contribution in [3.63, 3.8) is 0 Å². The van der Waals surface area contributed by atoms with Gasteiger partial charge >= 0.3 is 5.97 Å².